The van der Waals surface area contributed by atoms with Gasteiger partial charge in [0.15, 0.2) is 0 Å². The molecular weight excluding hydrogens is 412 g/mol. The molecule has 8 heteroatoms. The zero-order valence-corrected chi connectivity index (χ0v) is 17.4. The van der Waals surface area contributed by atoms with Crippen molar-refractivity contribution in [1.82, 2.24) is 10.6 Å². The molecule has 0 bridgehead atoms. The van der Waals surface area contributed by atoms with Crippen LogP contribution in [0.15, 0.2) is 48.5 Å². The number of benzene rings is 2. The fraction of sp³-hybridized carbons (Fsp3) is 0.435. The highest BCUT2D eigenvalue weighted by atomic mass is 19.4. The predicted molar refractivity (Wildman–Crippen MR) is 109 cm³/mol. The first-order chi connectivity index (χ1) is 14.6. The number of carbonyl (C=O) groups excluding carboxylic acids is 1. The number of hydrogen-bond acceptors (Lipinski definition) is 3. The van der Waals surface area contributed by atoms with Crippen LogP contribution < -0.4 is 10.6 Å². The zero-order valence-electron chi connectivity index (χ0n) is 17.4. The van der Waals surface area contributed by atoms with Crippen LogP contribution in [0, 0.1) is 0 Å². The van der Waals surface area contributed by atoms with Crippen LogP contribution >= 0.6 is 0 Å². The maximum atomic E-state index is 13.2. The third-order valence-electron chi connectivity index (χ3n) is 5.56. The first-order valence-corrected chi connectivity index (χ1v) is 10.1. The van der Waals surface area contributed by atoms with E-state index in [2.05, 4.69) is 10.6 Å². The molecule has 0 aliphatic carbocycles. The Kier molecular flexibility index (Phi) is 7.01. The minimum absolute atomic E-state index is 0.0391. The van der Waals surface area contributed by atoms with Crippen LogP contribution in [0.5, 0.6) is 0 Å². The Bertz CT molecular complexity index is 904. The second-order valence-electron chi connectivity index (χ2n) is 7.98. The molecule has 1 amide bonds. The van der Waals surface area contributed by atoms with Crippen LogP contribution in [0.2, 0.25) is 0 Å². The highest BCUT2D eigenvalue weighted by molar-refractivity contribution is 5.73. The van der Waals surface area contributed by atoms with Crippen molar-refractivity contribution in [2.45, 2.75) is 50.8 Å². The molecule has 4 nitrogen and oxygen atoms in total. The van der Waals surface area contributed by atoms with Crippen molar-refractivity contribution in [2.24, 2.45) is 0 Å². The van der Waals surface area contributed by atoms with Crippen molar-refractivity contribution in [2.75, 3.05) is 13.2 Å². The molecular formula is C23H26F4N2O2. The molecule has 1 fully saturated rings. The Morgan fingerprint density at radius 2 is 1.97 bits per heavy atom. The Morgan fingerprint density at radius 1 is 1.26 bits per heavy atom. The number of carbonyl (C=O) groups is 1. The molecule has 31 heavy (non-hydrogen) atoms. The van der Waals surface area contributed by atoms with E-state index in [0.717, 1.165) is 17.7 Å². The van der Waals surface area contributed by atoms with Gasteiger partial charge in [-0.2, -0.15) is 13.2 Å². The van der Waals surface area contributed by atoms with Crippen LogP contribution in [0.1, 0.15) is 48.6 Å². The lowest BCUT2D eigenvalue weighted by Gasteiger charge is -2.32. The Morgan fingerprint density at radius 3 is 2.58 bits per heavy atom. The second-order valence-corrected chi connectivity index (χ2v) is 7.98. The average molecular weight is 438 g/mol. The van der Waals surface area contributed by atoms with E-state index in [1.807, 2.05) is 30.3 Å². The molecule has 0 spiro atoms. The largest absolute Gasteiger partial charge is 0.416 e. The Hall–Kier alpha value is -2.45. The minimum atomic E-state index is -4.57. The monoisotopic (exact) mass is 438 g/mol. The molecule has 3 atom stereocenters. The van der Waals surface area contributed by atoms with E-state index < -0.39 is 30.1 Å². The molecule has 0 unspecified atom stereocenters. The van der Waals surface area contributed by atoms with Crippen molar-refractivity contribution in [3.05, 3.63) is 70.8 Å². The predicted octanol–water partition coefficient (Wildman–Crippen LogP) is 4.65. The van der Waals surface area contributed by atoms with Gasteiger partial charge in [-0.3, -0.25) is 4.79 Å². The van der Waals surface area contributed by atoms with E-state index in [9.17, 15) is 22.4 Å². The van der Waals surface area contributed by atoms with E-state index in [0.29, 0.717) is 13.0 Å². The van der Waals surface area contributed by atoms with Crippen molar-refractivity contribution < 1.29 is 27.1 Å². The summed E-state index contributed by atoms with van der Waals surface area (Å²) >= 11 is 0. The molecule has 1 saturated heterocycles. The summed E-state index contributed by atoms with van der Waals surface area (Å²) in [5.74, 6) is -0.132. The minimum Gasteiger partial charge on any atom is -0.372 e. The summed E-state index contributed by atoms with van der Waals surface area (Å²) in [6, 6.07) is 12.7. The molecule has 3 rings (SSSR count). The van der Waals surface area contributed by atoms with E-state index in [1.54, 1.807) is 6.92 Å². The van der Waals surface area contributed by atoms with Gasteiger partial charge in [-0.25, -0.2) is 4.39 Å². The van der Waals surface area contributed by atoms with Gasteiger partial charge in [-0.15, -0.1) is 0 Å². The van der Waals surface area contributed by atoms with Gasteiger partial charge in [-0.1, -0.05) is 36.4 Å². The van der Waals surface area contributed by atoms with Gasteiger partial charge in [0.05, 0.1) is 23.8 Å². The summed E-state index contributed by atoms with van der Waals surface area (Å²) < 4.78 is 58.8. The second kappa shape index (κ2) is 9.36. The average Bonchev–Trinajstić information content (AvgIpc) is 3.15. The van der Waals surface area contributed by atoms with E-state index >= 15 is 0 Å². The van der Waals surface area contributed by atoms with Crippen molar-refractivity contribution in [3.63, 3.8) is 0 Å². The van der Waals surface area contributed by atoms with Crippen molar-refractivity contribution in [3.8, 4) is 0 Å². The molecule has 168 valence electrons. The smallest absolute Gasteiger partial charge is 0.372 e. The molecule has 1 heterocycles. The van der Waals surface area contributed by atoms with Crippen LogP contribution in [-0.2, 0) is 27.9 Å². The van der Waals surface area contributed by atoms with Gasteiger partial charge in [0.2, 0.25) is 5.91 Å². The molecule has 1 aliphatic rings. The Labute approximate surface area is 179 Å². The highest BCUT2D eigenvalue weighted by Gasteiger charge is 2.41. The molecule has 2 aromatic rings. The van der Waals surface area contributed by atoms with Crippen LogP contribution in [-0.4, -0.2) is 25.1 Å². The molecule has 1 aliphatic heterocycles. The lowest BCUT2D eigenvalue weighted by molar-refractivity contribution is -0.137. The SMILES string of the molecule is CC(=O)N[C@H]1CN[C@](CO[C@H](C)c2cc(CF)cc(C(F)(F)F)c2)(c2ccccc2)C1. The van der Waals surface area contributed by atoms with Gasteiger partial charge in [0.25, 0.3) is 0 Å². The number of ether oxygens (including phenoxy) is 1. The standard InChI is InChI=1S/C23H26F4N2O2/c1-15(18-8-17(12-24)9-20(10-18)23(25,26)27)31-14-22(19-6-4-3-5-7-19)11-21(13-28-22)29-16(2)30/h3-10,15,21,28H,11-14H2,1-2H3,(H,29,30)/t15-,21-,22-/m1/s1. The Balaban J connectivity index is 1.82. The van der Waals surface area contributed by atoms with Gasteiger partial charge in [0.1, 0.15) is 6.67 Å². The summed E-state index contributed by atoms with van der Waals surface area (Å²) in [4.78, 5) is 11.5. The van der Waals surface area contributed by atoms with E-state index in [1.165, 1.54) is 13.0 Å². The molecule has 2 N–H and O–H groups in total. The van der Waals surface area contributed by atoms with Gasteiger partial charge >= 0.3 is 6.18 Å². The lowest BCUT2D eigenvalue weighted by atomic mass is 9.88. The normalized spacial score (nSPS) is 22.3. The van der Waals surface area contributed by atoms with Gasteiger partial charge in [0, 0.05) is 19.5 Å². The zero-order chi connectivity index (χ0) is 22.6. The third kappa shape index (κ3) is 5.62. The number of amides is 1. The fourth-order valence-corrected chi connectivity index (χ4v) is 4.00. The number of halogens is 4. The van der Waals surface area contributed by atoms with Crippen LogP contribution in [0.25, 0.3) is 0 Å². The lowest BCUT2D eigenvalue weighted by Crippen LogP contribution is -2.41. The molecule has 0 radical (unpaired) electrons. The van der Waals surface area contributed by atoms with Gasteiger partial charge < -0.3 is 15.4 Å². The topological polar surface area (TPSA) is 50.4 Å². The summed E-state index contributed by atoms with van der Waals surface area (Å²) in [6.45, 7) is 2.84. The van der Waals surface area contributed by atoms with Crippen LogP contribution in [0.4, 0.5) is 17.6 Å². The van der Waals surface area contributed by atoms with E-state index in [-0.39, 0.29) is 29.7 Å². The number of alkyl halides is 4. The molecule has 0 saturated carbocycles. The van der Waals surface area contributed by atoms with Crippen LogP contribution in [0.3, 0.4) is 0 Å². The molecule has 2 aromatic carbocycles. The maximum Gasteiger partial charge on any atom is 0.416 e. The van der Waals surface area contributed by atoms with Crippen molar-refractivity contribution in [1.29, 1.82) is 0 Å². The summed E-state index contributed by atoms with van der Waals surface area (Å²) in [5, 5.41) is 6.33. The van der Waals surface area contributed by atoms with Gasteiger partial charge in [-0.05, 0) is 42.2 Å². The third-order valence-corrected chi connectivity index (χ3v) is 5.56. The fourth-order valence-electron chi connectivity index (χ4n) is 4.00. The summed E-state index contributed by atoms with van der Waals surface area (Å²) in [7, 11) is 0. The molecule has 0 aromatic heterocycles. The summed E-state index contributed by atoms with van der Waals surface area (Å²) in [6.07, 6.45) is -4.68. The first kappa shape index (κ1) is 23.2. The number of nitrogens with one attached hydrogen (secondary N) is 2. The number of hydrogen-bond donors (Lipinski definition) is 2. The van der Waals surface area contributed by atoms with E-state index in [4.69, 9.17) is 4.74 Å². The maximum absolute atomic E-state index is 13.2. The highest BCUT2D eigenvalue weighted by Crippen LogP contribution is 2.35. The quantitative estimate of drug-likeness (QED) is 0.619. The first-order valence-electron chi connectivity index (χ1n) is 10.1. The number of rotatable bonds is 7. The summed E-state index contributed by atoms with van der Waals surface area (Å²) in [5.41, 5.74) is -0.309. The van der Waals surface area contributed by atoms with Crippen molar-refractivity contribution >= 4 is 5.91 Å².